The molecule has 0 aliphatic heterocycles. The highest BCUT2D eigenvalue weighted by Gasteiger charge is 2.18. The van der Waals surface area contributed by atoms with Crippen LogP contribution in [0.3, 0.4) is 0 Å². The molecule has 3 rings (SSSR count). The van der Waals surface area contributed by atoms with Gasteiger partial charge in [0, 0.05) is 17.7 Å². The third kappa shape index (κ3) is 5.00. The molecule has 0 bridgehead atoms. The van der Waals surface area contributed by atoms with E-state index in [4.69, 9.17) is 19.4 Å². The normalized spacial score (nSPS) is 10.8. The number of hydrogen-bond donors (Lipinski definition) is 2. The van der Waals surface area contributed by atoms with E-state index in [1.54, 1.807) is 25.3 Å². The topological polar surface area (TPSA) is 76.5 Å². The highest BCUT2D eigenvalue weighted by molar-refractivity contribution is 5.72. The maximum absolute atomic E-state index is 10.00. The summed E-state index contributed by atoms with van der Waals surface area (Å²) >= 11 is 0. The largest absolute Gasteiger partial charge is 0.508 e. The fourth-order valence-electron chi connectivity index (χ4n) is 3.24. The van der Waals surface area contributed by atoms with Gasteiger partial charge in [-0.05, 0) is 37.5 Å². The average Bonchev–Trinajstić information content (AvgIpc) is 2.77. The van der Waals surface area contributed by atoms with Crippen molar-refractivity contribution < 1.29 is 14.6 Å². The number of anilines is 1. The molecule has 1 aromatic heterocycles. The Hall–Kier alpha value is -3.28. The van der Waals surface area contributed by atoms with Crippen molar-refractivity contribution in [2.45, 2.75) is 46.3 Å². The summed E-state index contributed by atoms with van der Waals surface area (Å²) in [6.07, 6.45) is 1.97. The molecular formula is C24H29N3O3. The second-order valence-corrected chi connectivity index (χ2v) is 7.13. The molecule has 3 aromatic rings. The minimum atomic E-state index is 0.131. The molecule has 2 aromatic carbocycles. The van der Waals surface area contributed by atoms with Gasteiger partial charge in [0.25, 0.3) is 5.88 Å². The van der Waals surface area contributed by atoms with Gasteiger partial charge in [0.15, 0.2) is 5.82 Å². The Labute approximate surface area is 177 Å². The molecule has 0 saturated carbocycles. The number of hydrogen-bond acceptors (Lipinski definition) is 6. The standard InChI is InChI=1S/C24H29N3O3/c1-5-18(6-2)26-23-24(29-4)27-22(16(3)25-23)20-13-12-19(28)14-21(20)30-15-17-10-8-7-9-11-17/h7-14,18,28H,5-6,15H2,1-4H3,(H,25,26). The number of nitrogens with one attached hydrogen (secondary N) is 1. The highest BCUT2D eigenvalue weighted by atomic mass is 16.5. The molecule has 0 aliphatic rings. The first-order valence-corrected chi connectivity index (χ1v) is 10.2. The maximum Gasteiger partial charge on any atom is 0.257 e. The van der Waals surface area contributed by atoms with Crippen LogP contribution in [0, 0.1) is 6.92 Å². The van der Waals surface area contributed by atoms with Crippen LogP contribution in [0.4, 0.5) is 5.82 Å². The highest BCUT2D eigenvalue weighted by Crippen LogP contribution is 2.36. The summed E-state index contributed by atoms with van der Waals surface area (Å²) in [5, 5.41) is 13.4. The van der Waals surface area contributed by atoms with E-state index in [0.717, 1.165) is 29.7 Å². The monoisotopic (exact) mass is 407 g/mol. The SMILES string of the molecule is CCC(CC)Nc1nc(C)c(-c2ccc(O)cc2OCc2ccccc2)nc1OC. The predicted molar refractivity (Wildman–Crippen MR) is 119 cm³/mol. The van der Waals surface area contributed by atoms with E-state index in [2.05, 4.69) is 19.2 Å². The summed E-state index contributed by atoms with van der Waals surface area (Å²) in [5.74, 6) is 1.74. The van der Waals surface area contributed by atoms with E-state index in [0.29, 0.717) is 35.8 Å². The van der Waals surface area contributed by atoms with Crippen LogP contribution in [-0.4, -0.2) is 28.2 Å². The molecule has 0 saturated heterocycles. The fraction of sp³-hybridized carbons (Fsp3) is 0.333. The summed E-state index contributed by atoms with van der Waals surface area (Å²) in [4.78, 5) is 9.44. The van der Waals surface area contributed by atoms with Crippen LogP contribution in [0.15, 0.2) is 48.5 Å². The van der Waals surface area contributed by atoms with Crippen molar-refractivity contribution in [1.82, 2.24) is 9.97 Å². The van der Waals surface area contributed by atoms with Crippen LogP contribution < -0.4 is 14.8 Å². The second-order valence-electron chi connectivity index (χ2n) is 7.13. The van der Waals surface area contributed by atoms with Crippen LogP contribution in [0.2, 0.25) is 0 Å². The number of phenols is 1. The van der Waals surface area contributed by atoms with E-state index in [9.17, 15) is 5.11 Å². The first kappa shape index (κ1) is 21.4. The average molecular weight is 408 g/mol. The lowest BCUT2D eigenvalue weighted by molar-refractivity contribution is 0.305. The number of benzene rings is 2. The summed E-state index contributed by atoms with van der Waals surface area (Å²) < 4.78 is 11.6. The van der Waals surface area contributed by atoms with Gasteiger partial charge in [-0.25, -0.2) is 9.97 Å². The number of aromatic nitrogens is 2. The molecule has 0 unspecified atom stereocenters. The summed E-state index contributed by atoms with van der Waals surface area (Å²) in [7, 11) is 1.59. The van der Waals surface area contributed by atoms with Crippen molar-refractivity contribution in [2.24, 2.45) is 0 Å². The smallest absolute Gasteiger partial charge is 0.257 e. The van der Waals surface area contributed by atoms with Crippen molar-refractivity contribution in [2.75, 3.05) is 12.4 Å². The molecule has 2 N–H and O–H groups in total. The maximum atomic E-state index is 10.00. The van der Waals surface area contributed by atoms with E-state index in [1.165, 1.54) is 0 Å². The molecule has 0 aliphatic carbocycles. The summed E-state index contributed by atoms with van der Waals surface area (Å²) in [6, 6.07) is 15.2. The molecule has 0 radical (unpaired) electrons. The Bertz CT molecular complexity index is 973. The van der Waals surface area contributed by atoms with Gasteiger partial charge < -0.3 is 19.9 Å². The molecule has 6 heteroatoms. The van der Waals surface area contributed by atoms with Gasteiger partial charge in [-0.1, -0.05) is 44.2 Å². The molecule has 0 fully saturated rings. The van der Waals surface area contributed by atoms with Gasteiger partial charge in [0.1, 0.15) is 18.1 Å². The van der Waals surface area contributed by atoms with Crippen molar-refractivity contribution in [3.63, 3.8) is 0 Å². The number of nitrogens with zero attached hydrogens (tertiary/aromatic N) is 2. The number of aromatic hydroxyl groups is 1. The lowest BCUT2D eigenvalue weighted by atomic mass is 10.1. The van der Waals surface area contributed by atoms with E-state index >= 15 is 0 Å². The molecule has 0 spiro atoms. The molecular weight excluding hydrogens is 378 g/mol. The molecule has 6 nitrogen and oxygen atoms in total. The molecule has 1 heterocycles. The zero-order valence-corrected chi connectivity index (χ0v) is 18.0. The molecule has 158 valence electrons. The van der Waals surface area contributed by atoms with Crippen molar-refractivity contribution in [3.8, 4) is 28.6 Å². The van der Waals surface area contributed by atoms with Crippen LogP contribution in [0.25, 0.3) is 11.3 Å². The van der Waals surface area contributed by atoms with Gasteiger partial charge in [-0.3, -0.25) is 0 Å². The zero-order valence-electron chi connectivity index (χ0n) is 18.0. The van der Waals surface area contributed by atoms with Gasteiger partial charge >= 0.3 is 0 Å². The minimum Gasteiger partial charge on any atom is -0.508 e. The Balaban J connectivity index is 1.96. The van der Waals surface area contributed by atoms with Crippen LogP contribution in [0.5, 0.6) is 17.4 Å². The summed E-state index contributed by atoms with van der Waals surface area (Å²) in [6.45, 7) is 6.56. The Morgan fingerprint density at radius 1 is 1.03 bits per heavy atom. The third-order valence-electron chi connectivity index (χ3n) is 5.02. The number of ether oxygens (including phenoxy) is 2. The Morgan fingerprint density at radius 3 is 2.43 bits per heavy atom. The number of aryl methyl sites for hydroxylation is 1. The predicted octanol–water partition coefficient (Wildman–Crippen LogP) is 5.35. The number of methoxy groups -OCH3 is 1. The number of phenolic OH excluding ortho intramolecular Hbond substituents is 1. The van der Waals surface area contributed by atoms with Crippen molar-refractivity contribution in [3.05, 3.63) is 59.8 Å². The van der Waals surface area contributed by atoms with Crippen LogP contribution in [0.1, 0.15) is 37.9 Å². The lowest BCUT2D eigenvalue weighted by Gasteiger charge is -2.19. The number of rotatable bonds is 9. The second kappa shape index (κ2) is 9.96. The van der Waals surface area contributed by atoms with Crippen LogP contribution in [-0.2, 0) is 6.61 Å². The zero-order chi connectivity index (χ0) is 21.5. The first-order chi connectivity index (χ1) is 14.5. The molecule has 30 heavy (non-hydrogen) atoms. The van der Waals surface area contributed by atoms with Crippen LogP contribution >= 0.6 is 0 Å². The van der Waals surface area contributed by atoms with E-state index in [1.807, 2.05) is 37.3 Å². The summed E-state index contributed by atoms with van der Waals surface area (Å²) in [5.41, 5.74) is 3.20. The first-order valence-electron chi connectivity index (χ1n) is 10.2. The Morgan fingerprint density at radius 2 is 1.77 bits per heavy atom. The minimum absolute atomic E-state index is 0.131. The Kier molecular flexibility index (Phi) is 7.12. The lowest BCUT2D eigenvalue weighted by Crippen LogP contribution is -2.19. The van der Waals surface area contributed by atoms with Crippen molar-refractivity contribution >= 4 is 5.82 Å². The van der Waals surface area contributed by atoms with Gasteiger partial charge in [0.05, 0.1) is 18.5 Å². The van der Waals surface area contributed by atoms with E-state index in [-0.39, 0.29) is 5.75 Å². The van der Waals surface area contributed by atoms with E-state index < -0.39 is 0 Å². The fourth-order valence-corrected chi connectivity index (χ4v) is 3.24. The van der Waals surface area contributed by atoms with Gasteiger partial charge in [-0.2, -0.15) is 0 Å². The van der Waals surface area contributed by atoms with Gasteiger partial charge in [0.2, 0.25) is 0 Å². The third-order valence-corrected chi connectivity index (χ3v) is 5.02. The van der Waals surface area contributed by atoms with Gasteiger partial charge in [-0.15, -0.1) is 0 Å². The quantitative estimate of drug-likeness (QED) is 0.498. The molecule has 0 atom stereocenters. The molecule has 0 amide bonds. The van der Waals surface area contributed by atoms with Crippen molar-refractivity contribution in [1.29, 1.82) is 0 Å².